The van der Waals surface area contributed by atoms with Crippen molar-refractivity contribution >= 4 is 92.6 Å². The summed E-state index contributed by atoms with van der Waals surface area (Å²) in [7, 11) is 0. The number of fused-ring (bicyclic) bond motifs is 6. The van der Waals surface area contributed by atoms with Crippen LogP contribution in [-0.2, 0) is 0 Å². The van der Waals surface area contributed by atoms with Crippen molar-refractivity contribution < 1.29 is 0 Å². The molecule has 6 nitrogen and oxygen atoms in total. The lowest BCUT2D eigenvalue weighted by Gasteiger charge is -2.25. The Morgan fingerprint density at radius 1 is 0.433 bits per heavy atom. The van der Waals surface area contributed by atoms with E-state index in [9.17, 15) is 5.26 Å². The normalized spacial score (nSPS) is 12.0. The first kappa shape index (κ1) is 32.5. The number of hydrogen-bond donors (Lipinski definition) is 0. The Bertz CT molecular complexity index is 3620. The van der Waals surface area contributed by atoms with Crippen molar-refractivity contribution in [3.63, 3.8) is 0 Å². The molecule has 6 heteroatoms. The summed E-state index contributed by atoms with van der Waals surface area (Å²) >= 11 is 0. The fourth-order valence-corrected chi connectivity index (χ4v) is 10.4. The van der Waals surface area contributed by atoms with Crippen LogP contribution in [0.2, 0.25) is 0 Å². The molecule has 0 saturated heterocycles. The van der Waals surface area contributed by atoms with Gasteiger partial charge in [0.05, 0.1) is 56.6 Å². The summed E-state index contributed by atoms with van der Waals surface area (Å²) < 4.78 is 4.58. The third kappa shape index (κ3) is 4.04. The van der Waals surface area contributed by atoms with Gasteiger partial charge in [-0.25, -0.2) is 4.85 Å². The van der Waals surface area contributed by atoms with Gasteiger partial charge in [0.1, 0.15) is 6.07 Å². The standard InChI is InChI=1S/C54H28N6/c1-56-52-44(31-14-4-2-5-15-31)39(30-55)53(59-42-26-12-22-37-48(42)49-38(23-13-27-43(49)59)51-50(37)57-28-29-58-51)45(32-16-6-3-7-17-32)54(52)60-40-24-10-20-35-33-18-8-9-19-34(33)36-21-11-25-41(60)47(36)46(35)40/h2-29H. The molecule has 0 unspecified atom stereocenters. The Morgan fingerprint density at radius 3 is 1.30 bits per heavy atom. The van der Waals surface area contributed by atoms with Crippen LogP contribution in [-0.4, -0.2) is 19.1 Å². The third-order valence-corrected chi connectivity index (χ3v) is 12.6. The van der Waals surface area contributed by atoms with Crippen molar-refractivity contribution in [1.29, 1.82) is 5.26 Å². The van der Waals surface area contributed by atoms with Crippen LogP contribution >= 0.6 is 0 Å². The van der Waals surface area contributed by atoms with Crippen LogP contribution in [0.25, 0.3) is 125 Å². The van der Waals surface area contributed by atoms with Crippen molar-refractivity contribution in [1.82, 2.24) is 19.1 Å². The summed E-state index contributed by atoms with van der Waals surface area (Å²) in [5.41, 5.74) is 10.9. The second-order valence-corrected chi connectivity index (χ2v) is 15.4. The molecule has 13 rings (SSSR count). The molecule has 60 heavy (non-hydrogen) atoms. The van der Waals surface area contributed by atoms with Crippen molar-refractivity contribution in [2.24, 2.45) is 0 Å². The first-order chi connectivity index (χ1) is 29.8. The average Bonchev–Trinajstić information content (AvgIpc) is 3.84. The van der Waals surface area contributed by atoms with Gasteiger partial charge in [-0.15, -0.1) is 0 Å². The van der Waals surface area contributed by atoms with E-state index in [1.807, 2.05) is 48.5 Å². The zero-order valence-electron chi connectivity index (χ0n) is 31.8. The maximum Gasteiger partial charge on any atom is 0.220 e. The molecule has 10 aromatic carbocycles. The predicted octanol–water partition coefficient (Wildman–Crippen LogP) is 13.9. The quantitative estimate of drug-likeness (QED) is 0.133. The van der Waals surface area contributed by atoms with Gasteiger partial charge in [-0.1, -0.05) is 133 Å². The van der Waals surface area contributed by atoms with E-state index in [2.05, 4.69) is 129 Å². The van der Waals surface area contributed by atoms with E-state index in [1.165, 1.54) is 10.8 Å². The van der Waals surface area contributed by atoms with E-state index in [4.69, 9.17) is 16.5 Å². The van der Waals surface area contributed by atoms with Gasteiger partial charge in [-0.3, -0.25) is 9.97 Å². The van der Waals surface area contributed by atoms with Crippen molar-refractivity contribution in [3.05, 3.63) is 187 Å². The molecule has 0 aliphatic heterocycles. The Hall–Kier alpha value is -8.58. The molecular weight excluding hydrogens is 733 g/mol. The molecule has 0 amide bonds. The molecule has 0 atom stereocenters. The first-order valence-corrected chi connectivity index (χ1v) is 19.9. The van der Waals surface area contributed by atoms with Crippen LogP contribution in [0.5, 0.6) is 0 Å². The number of nitriles is 1. The molecule has 3 aromatic heterocycles. The summed E-state index contributed by atoms with van der Waals surface area (Å²) in [6.45, 7) is 9.15. The Kier molecular flexibility index (Phi) is 6.48. The Balaban J connectivity index is 1.33. The van der Waals surface area contributed by atoms with Crippen LogP contribution in [0.3, 0.4) is 0 Å². The third-order valence-electron chi connectivity index (χ3n) is 12.6. The smallest absolute Gasteiger partial charge is 0.220 e. The predicted molar refractivity (Wildman–Crippen MR) is 245 cm³/mol. The lowest BCUT2D eigenvalue weighted by Crippen LogP contribution is -2.08. The molecule has 0 spiro atoms. The van der Waals surface area contributed by atoms with E-state index in [-0.39, 0.29) is 0 Å². The monoisotopic (exact) mass is 760 g/mol. The van der Waals surface area contributed by atoms with E-state index in [1.54, 1.807) is 12.4 Å². The molecular formula is C54H28N6. The fourth-order valence-electron chi connectivity index (χ4n) is 10.4. The molecule has 0 radical (unpaired) electrons. The molecule has 0 bridgehead atoms. The molecule has 3 heterocycles. The lowest BCUT2D eigenvalue weighted by molar-refractivity contribution is 1.13. The highest BCUT2D eigenvalue weighted by Crippen LogP contribution is 2.54. The lowest BCUT2D eigenvalue weighted by atomic mass is 9.88. The highest BCUT2D eigenvalue weighted by molar-refractivity contribution is 6.35. The zero-order chi connectivity index (χ0) is 39.6. The minimum absolute atomic E-state index is 0.416. The molecule has 274 valence electrons. The maximum absolute atomic E-state index is 11.7. The van der Waals surface area contributed by atoms with Crippen LogP contribution in [0.4, 0.5) is 5.69 Å². The molecule has 0 aliphatic carbocycles. The molecule has 13 aromatic rings. The second kappa shape index (κ2) is 12.0. The molecule has 0 fully saturated rings. The van der Waals surface area contributed by atoms with Gasteiger partial charge in [0.15, 0.2) is 0 Å². The fraction of sp³-hybridized carbons (Fsp3) is 0. The number of nitrogens with zero attached hydrogens (tertiary/aromatic N) is 6. The van der Waals surface area contributed by atoms with Gasteiger partial charge in [0, 0.05) is 55.8 Å². The van der Waals surface area contributed by atoms with Crippen LogP contribution < -0.4 is 0 Å². The van der Waals surface area contributed by atoms with Gasteiger partial charge in [-0.05, 0) is 56.9 Å². The average molecular weight is 761 g/mol. The number of hydrogen-bond acceptors (Lipinski definition) is 3. The first-order valence-electron chi connectivity index (χ1n) is 19.9. The van der Waals surface area contributed by atoms with Crippen LogP contribution in [0.15, 0.2) is 170 Å². The van der Waals surface area contributed by atoms with E-state index < -0.39 is 0 Å². The topological polar surface area (TPSA) is 63.8 Å². The van der Waals surface area contributed by atoms with E-state index in [0.29, 0.717) is 22.5 Å². The highest BCUT2D eigenvalue weighted by Gasteiger charge is 2.33. The zero-order valence-corrected chi connectivity index (χ0v) is 31.8. The van der Waals surface area contributed by atoms with Gasteiger partial charge < -0.3 is 9.13 Å². The minimum Gasteiger partial charge on any atom is -0.318 e. The van der Waals surface area contributed by atoms with Gasteiger partial charge >= 0.3 is 0 Å². The van der Waals surface area contributed by atoms with E-state index >= 15 is 0 Å². The second-order valence-electron chi connectivity index (χ2n) is 15.4. The van der Waals surface area contributed by atoms with Crippen molar-refractivity contribution in [2.75, 3.05) is 0 Å². The summed E-state index contributed by atoms with van der Waals surface area (Å²) in [4.78, 5) is 14.2. The molecule has 0 N–H and O–H groups in total. The summed E-state index contributed by atoms with van der Waals surface area (Å²) in [5, 5.41) is 22.8. The number of aromatic nitrogens is 4. The summed E-state index contributed by atoms with van der Waals surface area (Å²) in [5.74, 6) is 0. The van der Waals surface area contributed by atoms with Gasteiger partial charge in [0.2, 0.25) is 5.69 Å². The maximum atomic E-state index is 11.7. The number of benzene rings is 10. The van der Waals surface area contributed by atoms with Crippen molar-refractivity contribution in [3.8, 4) is 39.7 Å². The van der Waals surface area contributed by atoms with Gasteiger partial charge in [-0.2, -0.15) is 5.26 Å². The van der Waals surface area contributed by atoms with Crippen molar-refractivity contribution in [2.45, 2.75) is 0 Å². The molecule has 0 saturated carbocycles. The van der Waals surface area contributed by atoms with Crippen LogP contribution in [0.1, 0.15) is 5.56 Å². The Labute approximate surface area is 342 Å². The van der Waals surface area contributed by atoms with Crippen LogP contribution in [0, 0.1) is 17.9 Å². The molecule has 0 aliphatic rings. The van der Waals surface area contributed by atoms with Gasteiger partial charge in [0.25, 0.3) is 0 Å². The number of rotatable bonds is 4. The minimum atomic E-state index is 0.416. The SMILES string of the molecule is [C-]#[N+]c1c(-c2ccccc2)c(C#N)c(-n2c3cccc4c5nccnc5c5cccc2c5c43)c(-c2ccccc2)c1-n1c2cccc3c4ccccc4c4cccc1c4c32. The highest BCUT2D eigenvalue weighted by atomic mass is 15.0. The van der Waals surface area contributed by atoms with E-state index in [0.717, 1.165) is 98.6 Å². The Morgan fingerprint density at radius 2 is 0.833 bits per heavy atom. The largest absolute Gasteiger partial charge is 0.318 e. The summed E-state index contributed by atoms with van der Waals surface area (Å²) in [6, 6.07) is 57.3. The summed E-state index contributed by atoms with van der Waals surface area (Å²) in [6.07, 6.45) is 3.50.